The number of rotatable bonds is 4. The van der Waals surface area contributed by atoms with Crippen LogP contribution in [0.15, 0.2) is 18.2 Å². The first-order valence-corrected chi connectivity index (χ1v) is 4.89. The monoisotopic (exact) mass is 195 g/mol. The highest BCUT2D eigenvalue weighted by Gasteiger charge is 2.21. The van der Waals surface area contributed by atoms with Gasteiger partial charge in [-0.3, -0.25) is 0 Å². The summed E-state index contributed by atoms with van der Waals surface area (Å²) in [6.45, 7) is 0.715. The molecule has 0 unspecified atom stereocenters. The van der Waals surface area contributed by atoms with E-state index in [0.29, 0.717) is 18.3 Å². The molecule has 1 aromatic carbocycles. The lowest BCUT2D eigenvalue weighted by Crippen LogP contribution is -2.00. The number of hydrogen-bond donors (Lipinski definition) is 1. The first-order chi connectivity index (χ1) is 6.78. The highest BCUT2D eigenvalue weighted by atomic mass is 19.1. The van der Waals surface area contributed by atoms with E-state index in [4.69, 9.17) is 4.74 Å². The van der Waals surface area contributed by atoms with Gasteiger partial charge in [-0.1, -0.05) is 0 Å². The molecule has 0 aromatic heterocycles. The molecule has 0 saturated heterocycles. The second kappa shape index (κ2) is 3.86. The summed E-state index contributed by atoms with van der Waals surface area (Å²) < 4.78 is 18.5. The Morgan fingerprint density at radius 3 is 2.86 bits per heavy atom. The van der Waals surface area contributed by atoms with Crippen molar-refractivity contribution in [2.24, 2.45) is 5.92 Å². The summed E-state index contributed by atoms with van der Waals surface area (Å²) in [7, 11) is 1.76. The van der Waals surface area contributed by atoms with Crippen molar-refractivity contribution in [1.82, 2.24) is 0 Å². The van der Waals surface area contributed by atoms with Crippen LogP contribution in [-0.4, -0.2) is 13.7 Å². The van der Waals surface area contributed by atoms with Crippen LogP contribution in [0.1, 0.15) is 12.8 Å². The number of ether oxygens (including phenoxy) is 1. The average Bonchev–Trinajstić information content (AvgIpc) is 2.97. The zero-order valence-corrected chi connectivity index (χ0v) is 8.22. The van der Waals surface area contributed by atoms with Crippen LogP contribution in [0.3, 0.4) is 0 Å². The molecule has 1 fully saturated rings. The molecule has 0 spiro atoms. The molecule has 0 aliphatic heterocycles. The van der Waals surface area contributed by atoms with Gasteiger partial charge in [-0.2, -0.15) is 0 Å². The van der Waals surface area contributed by atoms with Gasteiger partial charge in [0, 0.05) is 24.9 Å². The van der Waals surface area contributed by atoms with Crippen molar-refractivity contribution in [2.75, 3.05) is 19.0 Å². The second-order valence-electron chi connectivity index (χ2n) is 3.68. The Balaban J connectivity index is 2.03. The number of hydrogen-bond acceptors (Lipinski definition) is 2. The van der Waals surface area contributed by atoms with E-state index in [0.717, 1.165) is 5.69 Å². The largest absolute Gasteiger partial charge is 0.493 e. The minimum Gasteiger partial charge on any atom is -0.493 e. The summed E-state index contributed by atoms with van der Waals surface area (Å²) in [6.07, 6.45) is 2.49. The van der Waals surface area contributed by atoms with Gasteiger partial charge in [0.25, 0.3) is 0 Å². The topological polar surface area (TPSA) is 21.3 Å². The van der Waals surface area contributed by atoms with Crippen LogP contribution in [0.2, 0.25) is 0 Å². The predicted molar refractivity (Wildman–Crippen MR) is 54.2 cm³/mol. The molecular weight excluding hydrogens is 181 g/mol. The summed E-state index contributed by atoms with van der Waals surface area (Å²) in [5, 5.41) is 2.89. The fourth-order valence-electron chi connectivity index (χ4n) is 1.29. The molecule has 0 amide bonds. The van der Waals surface area contributed by atoms with Gasteiger partial charge in [-0.15, -0.1) is 0 Å². The maximum Gasteiger partial charge on any atom is 0.128 e. The Hall–Kier alpha value is -1.25. The lowest BCUT2D eigenvalue weighted by molar-refractivity contribution is 0.298. The Labute approximate surface area is 83.1 Å². The molecule has 14 heavy (non-hydrogen) atoms. The number of nitrogens with one attached hydrogen (secondary N) is 1. The molecule has 2 rings (SSSR count). The van der Waals surface area contributed by atoms with E-state index in [2.05, 4.69) is 5.32 Å². The van der Waals surface area contributed by atoms with Crippen LogP contribution >= 0.6 is 0 Å². The summed E-state index contributed by atoms with van der Waals surface area (Å²) in [5.74, 6) is 1.04. The highest BCUT2D eigenvalue weighted by molar-refractivity contribution is 5.48. The fraction of sp³-hybridized carbons (Fsp3) is 0.455. The van der Waals surface area contributed by atoms with E-state index in [1.807, 2.05) is 6.07 Å². The molecule has 0 heterocycles. The van der Waals surface area contributed by atoms with Crippen molar-refractivity contribution in [3.05, 3.63) is 24.0 Å². The summed E-state index contributed by atoms with van der Waals surface area (Å²) in [5.41, 5.74) is 0.746. The Morgan fingerprint density at radius 2 is 2.21 bits per heavy atom. The first kappa shape index (κ1) is 9.31. The number of anilines is 1. The quantitative estimate of drug-likeness (QED) is 0.797. The SMILES string of the molecule is CNc1cc(F)cc(OCC2CC2)c1. The van der Waals surface area contributed by atoms with E-state index >= 15 is 0 Å². The molecule has 1 aliphatic carbocycles. The van der Waals surface area contributed by atoms with Crippen molar-refractivity contribution in [3.8, 4) is 5.75 Å². The van der Waals surface area contributed by atoms with Gasteiger partial charge in [-0.05, 0) is 24.8 Å². The molecule has 2 nitrogen and oxygen atoms in total. The van der Waals surface area contributed by atoms with Gasteiger partial charge < -0.3 is 10.1 Å². The van der Waals surface area contributed by atoms with E-state index in [1.54, 1.807) is 7.05 Å². The van der Waals surface area contributed by atoms with Gasteiger partial charge in [0.05, 0.1) is 6.61 Å². The van der Waals surface area contributed by atoms with Gasteiger partial charge in [0.15, 0.2) is 0 Å². The van der Waals surface area contributed by atoms with Crippen LogP contribution in [-0.2, 0) is 0 Å². The van der Waals surface area contributed by atoms with Gasteiger partial charge in [0.2, 0.25) is 0 Å². The van der Waals surface area contributed by atoms with Crippen LogP contribution in [0.4, 0.5) is 10.1 Å². The molecular formula is C11H14FNO. The zero-order chi connectivity index (χ0) is 9.97. The molecule has 0 radical (unpaired) electrons. The van der Waals surface area contributed by atoms with Crippen LogP contribution in [0, 0.1) is 11.7 Å². The molecule has 76 valence electrons. The van der Waals surface area contributed by atoms with Crippen molar-refractivity contribution in [2.45, 2.75) is 12.8 Å². The van der Waals surface area contributed by atoms with Crippen molar-refractivity contribution in [1.29, 1.82) is 0 Å². The summed E-state index contributed by atoms with van der Waals surface area (Å²) >= 11 is 0. The van der Waals surface area contributed by atoms with E-state index in [9.17, 15) is 4.39 Å². The smallest absolute Gasteiger partial charge is 0.128 e. The summed E-state index contributed by atoms with van der Waals surface area (Å²) in [4.78, 5) is 0. The van der Waals surface area contributed by atoms with E-state index in [1.165, 1.54) is 25.0 Å². The molecule has 0 atom stereocenters. The maximum atomic E-state index is 13.0. The van der Waals surface area contributed by atoms with E-state index < -0.39 is 0 Å². The average molecular weight is 195 g/mol. The second-order valence-corrected chi connectivity index (χ2v) is 3.68. The van der Waals surface area contributed by atoms with Crippen molar-refractivity contribution < 1.29 is 9.13 Å². The molecule has 3 heteroatoms. The Bertz CT molecular complexity index is 323. The van der Waals surface area contributed by atoms with Gasteiger partial charge in [-0.25, -0.2) is 4.39 Å². The standard InChI is InChI=1S/C11H14FNO/c1-13-10-4-9(12)5-11(6-10)14-7-8-2-3-8/h4-6,8,13H,2-3,7H2,1H3. The number of benzene rings is 1. The molecule has 1 N–H and O–H groups in total. The maximum absolute atomic E-state index is 13.0. The molecule has 1 aromatic rings. The highest BCUT2D eigenvalue weighted by Crippen LogP contribution is 2.30. The third kappa shape index (κ3) is 2.37. The normalized spacial score (nSPS) is 15.3. The van der Waals surface area contributed by atoms with Crippen LogP contribution in [0.5, 0.6) is 5.75 Å². The van der Waals surface area contributed by atoms with Crippen LogP contribution < -0.4 is 10.1 Å². The van der Waals surface area contributed by atoms with Gasteiger partial charge in [0.1, 0.15) is 11.6 Å². The lowest BCUT2D eigenvalue weighted by Gasteiger charge is -2.07. The predicted octanol–water partition coefficient (Wildman–Crippen LogP) is 2.66. The molecule has 0 bridgehead atoms. The van der Waals surface area contributed by atoms with Crippen molar-refractivity contribution >= 4 is 5.69 Å². The minimum atomic E-state index is -0.261. The van der Waals surface area contributed by atoms with Crippen LogP contribution in [0.25, 0.3) is 0 Å². The first-order valence-electron chi connectivity index (χ1n) is 4.89. The number of halogens is 1. The Kier molecular flexibility index (Phi) is 2.57. The fourth-order valence-corrected chi connectivity index (χ4v) is 1.29. The third-order valence-corrected chi connectivity index (χ3v) is 2.34. The molecule has 1 aliphatic rings. The zero-order valence-electron chi connectivity index (χ0n) is 8.22. The third-order valence-electron chi connectivity index (χ3n) is 2.34. The lowest BCUT2D eigenvalue weighted by atomic mass is 10.3. The molecule has 1 saturated carbocycles. The van der Waals surface area contributed by atoms with E-state index in [-0.39, 0.29) is 5.82 Å². The summed E-state index contributed by atoms with van der Waals surface area (Å²) in [6, 6.07) is 4.68. The Morgan fingerprint density at radius 1 is 1.43 bits per heavy atom. The minimum absolute atomic E-state index is 0.261. The van der Waals surface area contributed by atoms with Gasteiger partial charge >= 0.3 is 0 Å². The van der Waals surface area contributed by atoms with Crippen molar-refractivity contribution in [3.63, 3.8) is 0 Å².